The largest absolute Gasteiger partial charge is 0.490 e. The second-order valence-electron chi connectivity index (χ2n) is 4.12. The standard InChI is InChI=1S/C11H15ClN2O.ClH/c1-8-5-11(8,13-2)7-15-9-3-4-10(12)14-6-9;/h3-4,6,8,13H,5,7H2,1-2H3;1H. The molecule has 0 radical (unpaired) electrons. The van der Waals surface area contributed by atoms with E-state index in [1.54, 1.807) is 12.3 Å². The Balaban J connectivity index is 0.00000128. The van der Waals surface area contributed by atoms with E-state index < -0.39 is 0 Å². The van der Waals surface area contributed by atoms with Crippen LogP contribution in [0.15, 0.2) is 18.3 Å². The van der Waals surface area contributed by atoms with E-state index in [0.717, 1.165) is 5.75 Å². The molecule has 0 bridgehead atoms. The summed E-state index contributed by atoms with van der Waals surface area (Å²) in [5.41, 5.74) is 0.166. The number of nitrogens with zero attached hydrogens (tertiary/aromatic N) is 1. The molecule has 90 valence electrons. The number of rotatable bonds is 4. The molecule has 1 aromatic heterocycles. The quantitative estimate of drug-likeness (QED) is 0.847. The highest BCUT2D eigenvalue weighted by molar-refractivity contribution is 6.29. The van der Waals surface area contributed by atoms with Crippen LogP contribution in [-0.4, -0.2) is 24.2 Å². The average Bonchev–Trinajstić information content (AvgIpc) is 2.90. The smallest absolute Gasteiger partial charge is 0.137 e. The minimum Gasteiger partial charge on any atom is -0.490 e. The van der Waals surface area contributed by atoms with E-state index >= 15 is 0 Å². The molecule has 1 aliphatic carbocycles. The zero-order valence-electron chi connectivity index (χ0n) is 9.37. The van der Waals surface area contributed by atoms with Crippen LogP contribution < -0.4 is 10.1 Å². The van der Waals surface area contributed by atoms with E-state index in [4.69, 9.17) is 16.3 Å². The molecular formula is C11H16Cl2N2O. The van der Waals surface area contributed by atoms with Crippen LogP contribution in [0.3, 0.4) is 0 Å². The van der Waals surface area contributed by atoms with Crippen molar-refractivity contribution in [3.63, 3.8) is 0 Å². The maximum Gasteiger partial charge on any atom is 0.137 e. The fourth-order valence-electron chi connectivity index (χ4n) is 1.77. The van der Waals surface area contributed by atoms with Gasteiger partial charge in [-0.05, 0) is 31.5 Å². The lowest BCUT2D eigenvalue weighted by Crippen LogP contribution is -2.36. The highest BCUT2D eigenvalue weighted by Crippen LogP contribution is 2.42. The van der Waals surface area contributed by atoms with Crippen LogP contribution >= 0.6 is 24.0 Å². The first-order chi connectivity index (χ1) is 7.16. The first-order valence-electron chi connectivity index (χ1n) is 5.09. The Hall–Kier alpha value is -0.510. The minimum atomic E-state index is 0. The first kappa shape index (κ1) is 13.6. The summed E-state index contributed by atoms with van der Waals surface area (Å²) in [6, 6.07) is 3.57. The Kier molecular flexibility index (Phi) is 4.42. The van der Waals surface area contributed by atoms with Gasteiger partial charge in [-0.2, -0.15) is 0 Å². The zero-order valence-corrected chi connectivity index (χ0v) is 10.9. The molecule has 1 N–H and O–H groups in total. The SMILES string of the molecule is CNC1(COc2ccc(Cl)nc2)CC1C.Cl. The Morgan fingerprint density at radius 2 is 2.31 bits per heavy atom. The van der Waals surface area contributed by atoms with Crippen molar-refractivity contribution in [1.82, 2.24) is 10.3 Å². The summed E-state index contributed by atoms with van der Waals surface area (Å²) >= 11 is 5.69. The van der Waals surface area contributed by atoms with E-state index in [2.05, 4.69) is 17.2 Å². The van der Waals surface area contributed by atoms with Crippen molar-refractivity contribution in [2.75, 3.05) is 13.7 Å². The highest BCUT2D eigenvalue weighted by Gasteiger charge is 2.50. The summed E-state index contributed by atoms with van der Waals surface area (Å²) in [4.78, 5) is 3.97. The summed E-state index contributed by atoms with van der Waals surface area (Å²) in [7, 11) is 1.98. The van der Waals surface area contributed by atoms with Gasteiger partial charge in [-0.1, -0.05) is 18.5 Å². The van der Waals surface area contributed by atoms with Gasteiger partial charge < -0.3 is 10.1 Å². The molecule has 0 saturated heterocycles. The molecule has 5 heteroatoms. The predicted molar refractivity (Wildman–Crippen MR) is 67.6 cm³/mol. The number of hydrogen-bond donors (Lipinski definition) is 1. The number of hydrogen-bond acceptors (Lipinski definition) is 3. The molecule has 0 aromatic carbocycles. The monoisotopic (exact) mass is 262 g/mol. The molecule has 1 fully saturated rings. The molecule has 0 amide bonds. The van der Waals surface area contributed by atoms with Crippen LogP contribution in [0.2, 0.25) is 5.15 Å². The van der Waals surface area contributed by atoms with Gasteiger partial charge in [-0.15, -0.1) is 12.4 Å². The van der Waals surface area contributed by atoms with Crippen molar-refractivity contribution in [1.29, 1.82) is 0 Å². The Morgan fingerprint density at radius 1 is 1.62 bits per heavy atom. The number of halogens is 2. The van der Waals surface area contributed by atoms with Gasteiger partial charge in [-0.3, -0.25) is 0 Å². The summed E-state index contributed by atoms with van der Waals surface area (Å²) in [6.45, 7) is 2.91. The average molecular weight is 263 g/mol. The van der Waals surface area contributed by atoms with E-state index in [0.29, 0.717) is 17.7 Å². The van der Waals surface area contributed by atoms with Crippen LogP contribution in [0.4, 0.5) is 0 Å². The van der Waals surface area contributed by atoms with Gasteiger partial charge in [0.05, 0.1) is 11.7 Å². The molecule has 2 unspecified atom stereocenters. The fraction of sp³-hybridized carbons (Fsp3) is 0.545. The van der Waals surface area contributed by atoms with E-state index in [1.807, 2.05) is 13.1 Å². The van der Waals surface area contributed by atoms with Crippen LogP contribution in [0, 0.1) is 5.92 Å². The molecule has 0 spiro atoms. The number of ether oxygens (including phenoxy) is 1. The van der Waals surface area contributed by atoms with Crippen molar-refractivity contribution in [3.8, 4) is 5.75 Å². The lowest BCUT2D eigenvalue weighted by atomic mass is 10.2. The molecule has 2 rings (SSSR count). The van der Waals surface area contributed by atoms with Gasteiger partial charge in [0.15, 0.2) is 0 Å². The van der Waals surface area contributed by atoms with E-state index in [1.165, 1.54) is 6.42 Å². The van der Waals surface area contributed by atoms with Gasteiger partial charge in [-0.25, -0.2) is 4.98 Å². The number of likely N-dealkylation sites (N-methyl/N-ethyl adjacent to an activating group) is 1. The van der Waals surface area contributed by atoms with E-state index in [9.17, 15) is 0 Å². The van der Waals surface area contributed by atoms with Crippen LogP contribution in [-0.2, 0) is 0 Å². The Bertz CT molecular complexity index is 340. The molecular weight excluding hydrogens is 247 g/mol. The van der Waals surface area contributed by atoms with Crippen LogP contribution in [0.5, 0.6) is 5.75 Å². The lowest BCUT2D eigenvalue weighted by molar-refractivity contribution is 0.249. The van der Waals surface area contributed by atoms with Crippen molar-refractivity contribution >= 4 is 24.0 Å². The molecule has 0 aliphatic heterocycles. The number of pyridine rings is 1. The Labute approximate surface area is 107 Å². The second-order valence-corrected chi connectivity index (χ2v) is 4.50. The van der Waals surface area contributed by atoms with Crippen LogP contribution in [0.25, 0.3) is 0 Å². The number of aromatic nitrogens is 1. The lowest BCUT2D eigenvalue weighted by Gasteiger charge is -2.16. The van der Waals surface area contributed by atoms with Crippen molar-refractivity contribution in [2.45, 2.75) is 18.9 Å². The normalized spacial score (nSPS) is 27.1. The highest BCUT2D eigenvalue weighted by atomic mass is 35.5. The summed E-state index contributed by atoms with van der Waals surface area (Å²) in [5, 5.41) is 3.80. The Morgan fingerprint density at radius 3 is 2.75 bits per heavy atom. The van der Waals surface area contributed by atoms with Crippen molar-refractivity contribution in [2.24, 2.45) is 5.92 Å². The predicted octanol–water partition coefficient (Wildman–Crippen LogP) is 2.53. The van der Waals surface area contributed by atoms with E-state index in [-0.39, 0.29) is 17.9 Å². The summed E-state index contributed by atoms with van der Waals surface area (Å²) in [6.07, 6.45) is 2.82. The number of nitrogens with one attached hydrogen (secondary N) is 1. The second kappa shape index (κ2) is 5.21. The molecule has 1 aliphatic rings. The van der Waals surface area contributed by atoms with Crippen LogP contribution in [0.1, 0.15) is 13.3 Å². The third kappa shape index (κ3) is 2.78. The summed E-state index contributed by atoms with van der Waals surface area (Å²) in [5.74, 6) is 1.45. The van der Waals surface area contributed by atoms with Gasteiger partial charge in [0.1, 0.15) is 17.5 Å². The molecule has 1 aromatic rings. The maximum atomic E-state index is 5.69. The topological polar surface area (TPSA) is 34.1 Å². The third-order valence-corrected chi connectivity index (χ3v) is 3.37. The molecule has 1 heterocycles. The first-order valence-corrected chi connectivity index (χ1v) is 5.47. The van der Waals surface area contributed by atoms with Crippen molar-refractivity contribution in [3.05, 3.63) is 23.5 Å². The van der Waals surface area contributed by atoms with Gasteiger partial charge in [0.25, 0.3) is 0 Å². The van der Waals surface area contributed by atoms with Gasteiger partial charge >= 0.3 is 0 Å². The maximum absolute atomic E-state index is 5.69. The van der Waals surface area contributed by atoms with Gasteiger partial charge in [0.2, 0.25) is 0 Å². The summed E-state index contributed by atoms with van der Waals surface area (Å²) < 4.78 is 5.67. The molecule has 1 saturated carbocycles. The molecule has 2 atom stereocenters. The zero-order chi connectivity index (χ0) is 10.9. The fourth-order valence-corrected chi connectivity index (χ4v) is 1.88. The molecule has 16 heavy (non-hydrogen) atoms. The third-order valence-electron chi connectivity index (χ3n) is 3.15. The van der Waals surface area contributed by atoms with Crippen molar-refractivity contribution < 1.29 is 4.74 Å². The molecule has 3 nitrogen and oxygen atoms in total. The van der Waals surface area contributed by atoms with Gasteiger partial charge in [0, 0.05) is 0 Å². The minimum absolute atomic E-state index is 0.